The van der Waals surface area contributed by atoms with Gasteiger partial charge in [-0.3, -0.25) is 9.48 Å². The summed E-state index contributed by atoms with van der Waals surface area (Å²) in [6.45, 7) is 0.0808. The number of hydrogen-bond donors (Lipinski definition) is 1. The molecule has 1 amide bonds. The van der Waals surface area contributed by atoms with Crippen LogP contribution in [0.2, 0.25) is 0 Å². The largest absolute Gasteiger partial charge is 0.491 e. The van der Waals surface area contributed by atoms with Crippen LogP contribution in [-0.4, -0.2) is 39.2 Å². The predicted molar refractivity (Wildman–Crippen MR) is 112 cm³/mol. The zero-order chi connectivity index (χ0) is 22.8. The van der Waals surface area contributed by atoms with Gasteiger partial charge in [0.15, 0.2) is 0 Å². The minimum atomic E-state index is -4.46. The first-order valence-corrected chi connectivity index (χ1v) is 9.77. The van der Waals surface area contributed by atoms with E-state index in [0.29, 0.717) is 28.0 Å². The molecule has 1 atom stereocenters. The minimum Gasteiger partial charge on any atom is -0.491 e. The third-order valence-electron chi connectivity index (χ3n) is 5.84. The number of halogens is 3. The number of fused-ring (bicyclic) bond motifs is 4. The maximum Gasteiger partial charge on any atom is 0.416 e. The Morgan fingerprint density at radius 3 is 2.75 bits per heavy atom. The number of ether oxygens (including phenoxy) is 1. The van der Waals surface area contributed by atoms with Crippen molar-refractivity contribution in [1.29, 1.82) is 0 Å². The fraction of sp³-hybridized carbons (Fsp3) is 0.227. The highest BCUT2D eigenvalue weighted by atomic mass is 19.4. The molecule has 1 aliphatic rings. The minimum absolute atomic E-state index is 0.0808. The Kier molecular flexibility index (Phi) is 4.30. The number of benzene rings is 2. The van der Waals surface area contributed by atoms with Gasteiger partial charge in [0, 0.05) is 36.0 Å². The summed E-state index contributed by atoms with van der Waals surface area (Å²) in [7, 11) is 3.37. The van der Waals surface area contributed by atoms with Gasteiger partial charge < -0.3 is 15.4 Å². The zero-order valence-corrected chi connectivity index (χ0v) is 17.1. The van der Waals surface area contributed by atoms with Crippen LogP contribution in [0.15, 0.2) is 42.6 Å². The summed E-state index contributed by atoms with van der Waals surface area (Å²) in [6.07, 6.45) is -2.79. The van der Waals surface area contributed by atoms with Crippen molar-refractivity contribution in [3.05, 3.63) is 59.3 Å². The van der Waals surface area contributed by atoms with Gasteiger partial charge in [0.25, 0.3) is 5.91 Å². The maximum absolute atomic E-state index is 13.2. The summed E-state index contributed by atoms with van der Waals surface area (Å²) in [5.74, 6) is 0.198. The Balaban J connectivity index is 1.50. The summed E-state index contributed by atoms with van der Waals surface area (Å²) >= 11 is 0. The van der Waals surface area contributed by atoms with E-state index in [2.05, 4.69) is 10.1 Å². The average Bonchev–Trinajstić information content (AvgIpc) is 3.35. The van der Waals surface area contributed by atoms with Crippen LogP contribution in [-0.2, 0) is 13.2 Å². The molecule has 0 fully saturated rings. The van der Waals surface area contributed by atoms with E-state index in [9.17, 15) is 18.0 Å². The molecule has 1 aliphatic heterocycles. The van der Waals surface area contributed by atoms with Crippen molar-refractivity contribution < 1.29 is 22.7 Å². The number of pyridine rings is 1. The van der Waals surface area contributed by atoms with Gasteiger partial charge in [0.2, 0.25) is 0 Å². The van der Waals surface area contributed by atoms with Crippen LogP contribution in [0.1, 0.15) is 27.5 Å². The van der Waals surface area contributed by atoms with Crippen LogP contribution < -0.4 is 10.5 Å². The maximum atomic E-state index is 13.2. The Morgan fingerprint density at radius 1 is 1.22 bits per heavy atom. The zero-order valence-electron chi connectivity index (χ0n) is 17.1. The summed E-state index contributed by atoms with van der Waals surface area (Å²) in [6, 6.07) is 7.94. The topological polar surface area (TPSA) is 86.3 Å². The van der Waals surface area contributed by atoms with E-state index < -0.39 is 17.8 Å². The quantitative estimate of drug-likeness (QED) is 0.510. The van der Waals surface area contributed by atoms with E-state index in [-0.39, 0.29) is 18.3 Å². The summed E-state index contributed by atoms with van der Waals surface area (Å²) < 4.78 is 46.1. The predicted octanol–water partition coefficient (Wildman–Crippen LogP) is 3.93. The van der Waals surface area contributed by atoms with Crippen molar-refractivity contribution >= 4 is 33.5 Å². The van der Waals surface area contributed by atoms with E-state index >= 15 is 0 Å². The lowest BCUT2D eigenvalue weighted by Crippen LogP contribution is -2.32. The number of aryl methyl sites for hydroxylation is 1. The van der Waals surface area contributed by atoms with Gasteiger partial charge in [-0.2, -0.15) is 18.3 Å². The van der Waals surface area contributed by atoms with E-state index in [1.165, 1.54) is 11.0 Å². The van der Waals surface area contributed by atoms with Crippen LogP contribution in [0.5, 0.6) is 5.75 Å². The summed E-state index contributed by atoms with van der Waals surface area (Å²) in [4.78, 5) is 19.1. The lowest BCUT2D eigenvalue weighted by atomic mass is 10.0. The Labute approximate surface area is 180 Å². The molecule has 32 heavy (non-hydrogen) atoms. The van der Waals surface area contributed by atoms with E-state index in [0.717, 1.165) is 22.9 Å². The molecule has 0 bridgehead atoms. The number of carbonyl (C=O) groups is 1. The number of nitrogens with two attached hydrogens (primary N) is 1. The second kappa shape index (κ2) is 6.84. The third-order valence-corrected chi connectivity index (χ3v) is 5.84. The number of rotatable bonds is 2. The summed E-state index contributed by atoms with van der Waals surface area (Å²) in [5.41, 5.74) is 7.53. The number of amides is 1. The van der Waals surface area contributed by atoms with Gasteiger partial charge in [-0.05, 0) is 30.3 Å². The normalized spacial score (nSPS) is 15.7. The molecule has 0 unspecified atom stereocenters. The third kappa shape index (κ3) is 3.02. The van der Waals surface area contributed by atoms with Gasteiger partial charge >= 0.3 is 6.18 Å². The first-order valence-electron chi connectivity index (χ1n) is 9.77. The number of anilines is 1. The standard InChI is InChI=1S/C22H18F3N5O2/c1-29(17-10-32-18-8-12(22(23,24)25)4-5-13(17)18)21(31)11-3-6-16-14(7-11)15-9-27-30(2)19(15)20(26)28-16/h3-9,17H,10H2,1-2H3,(H2,26,28)/t17-/m1/s1. The van der Waals surface area contributed by atoms with Crippen molar-refractivity contribution in [2.24, 2.45) is 7.05 Å². The van der Waals surface area contributed by atoms with Gasteiger partial charge in [-0.25, -0.2) is 4.98 Å². The van der Waals surface area contributed by atoms with E-state index in [4.69, 9.17) is 10.5 Å². The van der Waals surface area contributed by atoms with Crippen LogP contribution in [0, 0.1) is 0 Å². The molecular weight excluding hydrogens is 423 g/mol. The van der Waals surface area contributed by atoms with Gasteiger partial charge in [-0.1, -0.05) is 6.07 Å². The summed E-state index contributed by atoms with van der Waals surface area (Å²) in [5, 5.41) is 5.75. The molecule has 3 heterocycles. The first kappa shape index (κ1) is 20.1. The highest BCUT2D eigenvalue weighted by Crippen LogP contribution is 2.40. The highest BCUT2D eigenvalue weighted by molar-refractivity contribution is 6.10. The molecule has 2 aromatic heterocycles. The Morgan fingerprint density at radius 2 is 2.00 bits per heavy atom. The van der Waals surface area contributed by atoms with E-state index in [1.54, 1.807) is 43.2 Å². The molecule has 2 aromatic carbocycles. The van der Waals surface area contributed by atoms with Crippen molar-refractivity contribution in [2.45, 2.75) is 12.2 Å². The number of carbonyl (C=O) groups excluding carboxylic acids is 1. The molecule has 0 saturated carbocycles. The number of alkyl halides is 3. The lowest BCUT2D eigenvalue weighted by Gasteiger charge is -2.24. The second-order valence-electron chi connectivity index (χ2n) is 7.75. The molecule has 4 aromatic rings. The molecule has 164 valence electrons. The Hall–Kier alpha value is -3.82. The van der Waals surface area contributed by atoms with E-state index in [1.807, 2.05) is 0 Å². The van der Waals surface area contributed by atoms with Crippen molar-refractivity contribution in [3.63, 3.8) is 0 Å². The number of nitrogen functional groups attached to an aromatic ring is 1. The number of nitrogens with zero attached hydrogens (tertiary/aromatic N) is 4. The first-order chi connectivity index (χ1) is 15.1. The molecule has 10 heteroatoms. The van der Waals surface area contributed by atoms with Crippen LogP contribution in [0.25, 0.3) is 21.8 Å². The van der Waals surface area contributed by atoms with Crippen LogP contribution in [0.4, 0.5) is 19.0 Å². The van der Waals surface area contributed by atoms with Crippen LogP contribution >= 0.6 is 0 Å². The lowest BCUT2D eigenvalue weighted by molar-refractivity contribution is -0.137. The highest BCUT2D eigenvalue weighted by Gasteiger charge is 2.36. The second-order valence-corrected chi connectivity index (χ2v) is 7.75. The molecule has 0 aliphatic carbocycles. The van der Waals surface area contributed by atoms with Gasteiger partial charge in [-0.15, -0.1) is 0 Å². The fourth-order valence-electron chi connectivity index (χ4n) is 4.14. The molecule has 0 saturated heterocycles. The number of aromatic nitrogens is 3. The van der Waals surface area contributed by atoms with Crippen molar-refractivity contribution in [1.82, 2.24) is 19.7 Å². The monoisotopic (exact) mass is 441 g/mol. The Bertz CT molecular complexity index is 1400. The van der Waals surface area contributed by atoms with Gasteiger partial charge in [0.05, 0.1) is 23.3 Å². The molecule has 7 nitrogen and oxygen atoms in total. The van der Waals surface area contributed by atoms with Crippen LogP contribution in [0.3, 0.4) is 0 Å². The number of hydrogen-bond acceptors (Lipinski definition) is 5. The molecule has 0 spiro atoms. The SMILES string of the molecule is CN(C(=O)c1ccc2nc(N)c3c(cnn3C)c2c1)[C@@H]1COc2cc(C(F)(F)F)ccc21. The van der Waals surface area contributed by atoms with Crippen molar-refractivity contribution in [2.75, 3.05) is 19.4 Å². The smallest absolute Gasteiger partial charge is 0.416 e. The van der Waals surface area contributed by atoms with Gasteiger partial charge in [0.1, 0.15) is 23.7 Å². The van der Waals surface area contributed by atoms with Crippen molar-refractivity contribution in [3.8, 4) is 5.75 Å². The molecule has 2 N–H and O–H groups in total. The fourth-order valence-corrected chi connectivity index (χ4v) is 4.14. The average molecular weight is 441 g/mol. The number of likely N-dealkylation sites (N-methyl/N-ethyl adjacent to an activating group) is 1. The molecule has 5 rings (SSSR count). The molecular formula is C22H18F3N5O2. The molecule has 0 radical (unpaired) electrons.